The van der Waals surface area contributed by atoms with Crippen molar-refractivity contribution in [2.45, 2.75) is 13.2 Å². The highest BCUT2D eigenvalue weighted by Gasteiger charge is 2.23. The highest BCUT2D eigenvalue weighted by Crippen LogP contribution is 2.33. The van der Waals surface area contributed by atoms with Crippen LogP contribution >= 0.6 is 0 Å². The first-order valence-electron chi connectivity index (χ1n) is 8.23. The molecule has 0 radical (unpaired) electrons. The molecular formula is C19H13NO8. The zero-order chi connectivity index (χ0) is 19.7. The van der Waals surface area contributed by atoms with E-state index in [1.165, 1.54) is 18.2 Å². The quantitative estimate of drug-likeness (QED) is 0.292. The SMILES string of the molecule is O=C(OCc1cc([N+](=O)[O-])cc2c1OCOC2)c1cc2ccccc2oc1=O. The van der Waals surface area contributed by atoms with Crippen molar-refractivity contribution in [3.63, 3.8) is 0 Å². The van der Waals surface area contributed by atoms with E-state index >= 15 is 0 Å². The molecule has 9 heteroatoms. The monoisotopic (exact) mass is 383 g/mol. The number of hydrogen-bond acceptors (Lipinski definition) is 8. The maximum absolute atomic E-state index is 12.4. The minimum atomic E-state index is -0.896. The zero-order valence-electron chi connectivity index (χ0n) is 14.4. The minimum absolute atomic E-state index is 0.0139. The van der Waals surface area contributed by atoms with Crippen LogP contribution in [0.15, 0.2) is 51.7 Å². The van der Waals surface area contributed by atoms with Gasteiger partial charge in [0, 0.05) is 28.6 Å². The predicted molar refractivity (Wildman–Crippen MR) is 95.0 cm³/mol. The van der Waals surface area contributed by atoms with Gasteiger partial charge in [-0.1, -0.05) is 18.2 Å². The molecule has 0 fully saturated rings. The van der Waals surface area contributed by atoms with E-state index in [2.05, 4.69) is 0 Å². The van der Waals surface area contributed by atoms with Gasteiger partial charge in [-0.15, -0.1) is 0 Å². The summed E-state index contributed by atoms with van der Waals surface area (Å²) in [6.45, 7) is -0.179. The molecule has 1 aromatic heterocycles. The van der Waals surface area contributed by atoms with E-state index in [1.54, 1.807) is 24.3 Å². The number of nitrogens with zero attached hydrogens (tertiary/aromatic N) is 1. The molecule has 3 aromatic rings. The lowest BCUT2D eigenvalue weighted by Gasteiger charge is -2.20. The third kappa shape index (κ3) is 3.30. The second-order valence-electron chi connectivity index (χ2n) is 6.02. The van der Waals surface area contributed by atoms with E-state index in [0.29, 0.717) is 27.8 Å². The van der Waals surface area contributed by atoms with Crippen LogP contribution in [0.4, 0.5) is 5.69 Å². The number of non-ortho nitro benzene ring substituents is 1. The topological polar surface area (TPSA) is 118 Å². The van der Waals surface area contributed by atoms with Gasteiger partial charge in [-0.25, -0.2) is 9.59 Å². The number of ether oxygens (including phenoxy) is 3. The lowest BCUT2D eigenvalue weighted by Crippen LogP contribution is -2.18. The van der Waals surface area contributed by atoms with E-state index in [9.17, 15) is 19.7 Å². The number of nitro benzene ring substituents is 1. The van der Waals surface area contributed by atoms with Crippen molar-refractivity contribution >= 4 is 22.6 Å². The molecule has 0 atom stereocenters. The van der Waals surface area contributed by atoms with Gasteiger partial charge in [-0.05, 0) is 12.1 Å². The molecule has 0 saturated heterocycles. The van der Waals surface area contributed by atoms with Gasteiger partial charge in [0.2, 0.25) is 0 Å². The van der Waals surface area contributed by atoms with Crippen molar-refractivity contribution in [2.75, 3.05) is 6.79 Å². The van der Waals surface area contributed by atoms with E-state index in [-0.39, 0.29) is 31.3 Å². The predicted octanol–water partition coefficient (Wildman–Crippen LogP) is 2.92. The molecule has 0 unspecified atom stereocenters. The molecule has 1 aliphatic rings. The molecule has 28 heavy (non-hydrogen) atoms. The molecule has 1 aliphatic heterocycles. The Hall–Kier alpha value is -3.72. The van der Waals surface area contributed by atoms with Crippen molar-refractivity contribution in [3.8, 4) is 5.75 Å². The van der Waals surface area contributed by atoms with Crippen molar-refractivity contribution in [1.29, 1.82) is 0 Å². The number of nitro groups is 1. The molecule has 0 spiro atoms. The lowest BCUT2D eigenvalue weighted by atomic mass is 10.1. The van der Waals surface area contributed by atoms with Crippen LogP contribution in [0, 0.1) is 10.1 Å². The zero-order valence-corrected chi connectivity index (χ0v) is 14.4. The van der Waals surface area contributed by atoms with Crippen LogP contribution in [0.5, 0.6) is 5.75 Å². The summed E-state index contributed by atoms with van der Waals surface area (Å²) >= 11 is 0. The van der Waals surface area contributed by atoms with Crippen molar-refractivity contribution in [2.24, 2.45) is 0 Å². The fraction of sp³-hybridized carbons (Fsp3) is 0.158. The Morgan fingerprint density at radius 1 is 1.21 bits per heavy atom. The standard InChI is InChI=1S/C19H13NO8/c21-18(15-7-11-3-1-2-4-16(11)28-19(15)22)26-9-13-6-14(20(23)24)5-12-8-25-10-27-17(12)13/h1-7H,8-10H2. The summed E-state index contributed by atoms with van der Waals surface area (Å²) in [4.78, 5) is 35.0. The maximum Gasteiger partial charge on any atom is 0.351 e. The van der Waals surface area contributed by atoms with Gasteiger partial charge in [0.25, 0.3) is 5.69 Å². The van der Waals surface area contributed by atoms with Crippen LogP contribution in [0.2, 0.25) is 0 Å². The van der Waals surface area contributed by atoms with Crippen molar-refractivity contribution < 1.29 is 28.3 Å². The third-order valence-corrected chi connectivity index (χ3v) is 4.20. The Morgan fingerprint density at radius 3 is 2.86 bits per heavy atom. The van der Waals surface area contributed by atoms with E-state index in [4.69, 9.17) is 18.6 Å². The summed E-state index contributed by atoms with van der Waals surface area (Å²) in [6.07, 6.45) is 0. The Morgan fingerprint density at radius 2 is 2.04 bits per heavy atom. The van der Waals surface area contributed by atoms with Gasteiger partial charge in [0.1, 0.15) is 23.5 Å². The number of fused-ring (bicyclic) bond motifs is 2. The first-order chi connectivity index (χ1) is 13.5. The Bertz CT molecular complexity index is 1150. The number of carbonyl (C=O) groups excluding carboxylic acids is 1. The van der Waals surface area contributed by atoms with Crippen LogP contribution in [0.3, 0.4) is 0 Å². The first-order valence-corrected chi connectivity index (χ1v) is 8.23. The molecule has 4 rings (SSSR count). The number of rotatable bonds is 4. The molecule has 0 N–H and O–H groups in total. The molecule has 2 aromatic carbocycles. The van der Waals surface area contributed by atoms with Gasteiger partial charge in [-0.2, -0.15) is 0 Å². The smallest absolute Gasteiger partial charge is 0.351 e. The average molecular weight is 383 g/mol. The molecule has 142 valence electrons. The van der Waals surface area contributed by atoms with E-state index in [0.717, 1.165) is 0 Å². The molecule has 0 bridgehead atoms. The molecule has 0 saturated carbocycles. The number of esters is 1. The summed E-state index contributed by atoms with van der Waals surface area (Å²) in [6, 6.07) is 10.7. The van der Waals surface area contributed by atoms with Crippen LogP contribution in [0.1, 0.15) is 21.5 Å². The molecular weight excluding hydrogens is 370 g/mol. The lowest BCUT2D eigenvalue weighted by molar-refractivity contribution is -0.385. The highest BCUT2D eigenvalue weighted by atomic mass is 16.7. The van der Waals surface area contributed by atoms with Gasteiger partial charge >= 0.3 is 11.6 Å². The molecule has 2 heterocycles. The maximum atomic E-state index is 12.4. The Kier molecular flexibility index (Phi) is 4.50. The van der Waals surface area contributed by atoms with E-state index in [1.807, 2.05) is 0 Å². The fourth-order valence-electron chi connectivity index (χ4n) is 2.92. The van der Waals surface area contributed by atoms with Crippen molar-refractivity contribution in [3.05, 3.63) is 79.7 Å². The summed E-state index contributed by atoms with van der Waals surface area (Å²) in [5.41, 5.74) is -0.117. The first kappa shape index (κ1) is 17.7. The average Bonchev–Trinajstić information content (AvgIpc) is 2.71. The number of para-hydroxylation sites is 1. The van der Waals surface area contributed by atoms with Crippen LogP contribution in [-0.4, -0.2) is 17.7 Å². The third-order valence-electron chi connectivity index (χ3n) is 4.20. The second-order valence-corrected chi connectivity index (χ2v) is 6.02. The summed E-state index contributed by atoms with van der Waals surface area (Å²) in [5, 5.41) is 11.7. The minimum Gasteiger partial charge on any atom is -0.467 e. The highest BCUT2D eigenvalue weighted by molar-refractivity contribution is 5.92. The van der Waals surface area contributed by atoms with Crippen LogP contribution in [-0.2, 0) is 22.7 Å². The molecule has 0 amide bonds. The number of carbonyl (C=O) groups is 1. The van der Waals surface area contributed by atoms with E-state index < -0.39 is 16.5 Å². The van der Waals surface area contributed by atoms with Gasteiger partial charge in [0.05, 0.1) is 11.5 Å². The van der Waals surface area contributed by atoms with Crippen LogP contribution < -0.4 is 10.4 Å². The normalized spacial score (nSPS) is 12.9. The largest absolute Gasteiger partial charge is 0.467 e. The fourth-order valence-corrected chi connectivity index (χ4v) is 2.92. The molecule has 0 aliphatic carbocycles. The summed E-state index contributed by atoms with van der Waals surface area (Å²) in [5.74, 6) is -0.526. The summed E-state index contributed by atoms with van der Waals surface area (Å²) < 4.78 is 20.8. The Labute approximate surface area is 157 Å². The number of benzene rings is 2. The second kappa shape index (κ2) is 7.12. The molecule has 9 nitrogen and oxygen atoms in total. The summed E-state index contributed by atoms with van der Waals surface area (Å²) in [7, 11) is 0. The van der Waals surface area contributed by atoms with Crippen molar-refractivity contribution in [1.82, 2.24) is 0 Å². The van der Waals surface area contributed by atoms with Gasteiger partial charge < -0.3 is 18.6 Å². The Balaban J connectivity index is 1.62. The van der Waals surface area contributed by atoms with Gasteiger partial charge in [0.15, 0.2) is 6.79 Å². The van der Waals surface area contributed by atoms with Gasteiger partial charge in [-0.3, -0.25) is 10.1 Å². The van der Waals surface area contributed by atoms with Crippen LogP contribution in [0.25, 0.3) is 11.0 Å². The number of hydrogen-bond donors (Lipinski definition) is 0.